The Labute approximate surface area is 843 Å². The minimum Gasteiger partial charge on any atom is -0.494 e. The molecule has 0 unspecified atom stereocenters. The Kier molecular flexibility index (Phi) is 49.9. The standard InChI is InChI=1S/C120H156O18Si3/c1-9-11-13-15-17-19-21-23-25-33-83-129-105-63-55-99(56-64-105)117(123)135-111-75-59-101(60-76-111)119(125)137-113-45-37-43-103(93-113)95-47-71-109(72-48-95)133-115(121)97-51-67-107(68-52-97)131-85-35-29-27-31-79-127-81-39-87-139(3,4)89-41-91-141(7,8)92-42-90-140(5,6)88-40-82-128-80-32-28-30-36-86-132-108-69-53-98(54-70-108)116(122)134-110-73-49-96(50-74-110)104-44-38-46-114(94-104)138-120(126)102-61-77-112(78-62-102)136-118(124)100-57-65-106(66-58-100)130-84-34-26-24-22-20-18-16-14-12-10-2/h37-38,43-78,93-94H,9-36,39-42,79-92H2,1-8H3. The fraction of sp³-hybridized carbons (Fsp3) is 0.450. The van der Waals surface area contributed by atoms with Gasteiger partial charge < -0.3 is 56.8 Å². The Morgan fingerprint density at radius 1 is 0.184 bits per heavy atom. The van der Waals surface area contributed by atoms with Gasteiger partial charge in [-0.05, 0) is 281 Å². The first-order valence-corrected chi connectivity index (χ1v) is 62.8. The predicted molar refractivity (Wildman–Crippen MR) is 576 cm³/mol. The summed E-state index contributed by atoms with van der Waals surface area (Å²) in [5, 5.41) is 0. The molecule has 18 nitrogen and oxygen atoms in total. The van der Waals surface area contributed by atoms with Gasteiger partial charge in [-0.15, -0.1) is 0 Å². The third-order valence-electron chi connectivity index (χ3n) is 26.0. The molecule has 0 radical (unpaired) electrons. The van der Waals surface area contributed by atoms with Gasteiger partial charge in [0.1, 0.15) is 57.5 Å². The molecular formula is C120H156O18Si3. The van der Waals surface area contributed by atoms with Crippen LogP contribution in [0.25, 0.3) is 22.3 Å². The van der Waals surface area contributed by atoms with Crippen LogP contribution >= 0.6 is 0 Å². The maximum Gasteiger partial charge on any atom is 0.343 e. The minimum absolute atomic E-state index is 0.292. The van der Waals surface area contributed by atoms with Gasteiger partial charge in [-0.25, -0.2) is 28.8 Å². The molecule has 0 saturated carbocycles. The van der Waals surface area contributed by atoms with Crippen molar-refractivity contribution >= 4 is 60.0 Å². The lowest BCUT2D eigenvalue weighted by molar-refractivity contribution is 0.0720. The van der Waals surface area contributed by atoms with Gasteiger partial charge in [0.25, 0.3) is 0 Å². The number of esters is 6. The van der Waals surface area contributed by atoms with Crippen LogP contribution < -0.4 is 47.4 Å². The Bertz CT molecular complexity index is 4950. The molecule has 756 valence electrons. The highest BCUT2D eigenvalue weighted by atomic mass is 28.3. The third kappa shape index (κ3) is 44.1. The lowest BCUT2D eigenvalue weighted by Crippen LogP contribution is -2.30. The van der Waals surface area contributed by atoms with E-state index >= 15 is 0 Å². The molecule has 0 spiro atoms. The molecule has 0 aliphatic heterocycles. The first kappa shape index (κ1) is 112. The number of carbonyl (C=O) groups excluding carboxylic acids is 6. The highest BCUT2D eigenvalue weighted by Gasteiger charge is 2.28. The molecule has 0 N–H and O–H groups in total. The van der Waals surface area contributed by atoms with Gasteiger partial charge in [-0.1, -0.05) is 279 Å². The SMILES string of the molecule is CCCCCCCCCCCCOc1ccc(C(=O)Oc2ccc(C(=O)Oc3cccc(-c4ccc(OC(=O)c5ccc(OCCCCCCOCCC[Si](C)(C)CCC[Si](C)(C)CCC[Si](C)(C)CCCOCCCCCCOc6ccc(C(=O)Oc7ccc(-c8cccc(OC(=O)c9ccc(OC(=O)c%10ccc(OCCCCCCCCCCCC)cc%10)cc9)c8)cc7)cc6)cc5)cc4)c3)cc2)cc1. The van der Waals surface area contributed by atoms with Crippen molar-refractivity contribution in [2.45, 2.75) is 295 Å². The van der Waals surface area contributed by atoms with E-state index in [1.807, 2.05) is 36.4 Å². The smallest absolute Gasteiger partial charge is 0.343 e. The first-order chi connectivity index (χ1) is 68.5. The van der Waals surface area contributed by atoms with Gasteiger partial charge in [0.2, 0.25) is 0 Å². The van der Waals surface area contributed by atoms with Crippen LogP contribution in [0.3, 0.4) is 0 Å². The molecule has 10 aromatic rings. The number of unbranched alkanes of at least 4 members (excludes halogenated alkanes) is 24. The van der Waals surface area contributed by atoms with Crippen molar-refractivity contribution in [3.05, 3.63) is 276 Å². The quantitative estimate of drug-likeness (QED) is 0.0150. The molecule has 0 heterocycles. The fourth-order valence-corrected chi connectivity index (χ4v) is 25.4. The van der Waals surface area contributed by atoms with Crippen molar-refractivity contribution in [3.8, 4) is 79.7 Å². The topological polar surface area (TPSA) is 213 Å². The molecule has 10 aromatic carbocycles. The lowest BCUT2D eigenvalue weighted by atomic mass is 10.1. The Morgan fingerprint density at radius 2 is 0.376 bits per heavy atom. The van der Waals surface area contributed by atoms with E-state index in [0.717, 1.165) is 139 Å². The summed E-state index contributed by atoms with van der Waals surface area (Å²) in [6, 6.07) is 77.5. The second kappa shape index (κ2) is 62.9. The Hall–Kier alpha value is -11.2. The van der Waals surface area contributed by atoms with E-state index in [1.54, 1.807) is 206 Å². The van der Waals surface area contributed by atoms with Crippen LogP contribution in [-0.2, 0) is 9.47 Å². The van der Waals surface area contributed by atoms with E-state index in [1.165, 1.54) is 152 Å². The molecule has 0 saturated heterocycles. The van der Waals surface area contributed by atoms with Crippen molar-refractivity contribution in [1.82, 2.24) is 0 Å². The highest BCUT2D eigenvalue weighted by molar-refractivity contribution is 6.79. The lowest BCUT2D eigenvalue weighted by Gasteiger charge is -2.28. The summed E-state index contributed by atoms with van der Waals surface area (Å²) in [5.41, 5.74) is 5.48. The van der Waals surface area contributed by atoms with Gasteiger partial charge in [0, 0.05) is 50.6 Å². The van der Waals surface area contributed by atoms with Gasteiger partial charge in [-0.2, -0.15) is 0 Å². The summed E-state index contributed by atoms with van der Waals surface area (Å²) in [6.45, 7) is 25.9. The number of hydrogen-bond acceptors (Lipinski definition) is 18. The fourth-order valence-electron chi connectivity index (χ4n) is 17.2. The summed E-state index contributed by atoms with van der Waals surface area (Å²) in [6.07, 6.45) is 38.7. The van der Waals surface area contributed by atoms with E-state index < -0.39 is 60.0 Å². The molecule has 141 heavy (non-hydrogen) atoms. The maximum atomic E-state index is 13.2. The van der Waals surface area contributed by atoms with Crippen molar-refractivity contribution in [2.75, 3.05) is 52.9 Å². The van der Waals surface area contributed by atoms with E-state index in [0.29, 0.717) is 117 Å². The number of carbonyl (C=O) groups is 6. The summed E-state index contributed by atoms with van der Waals surface area (Å²) in [4.78, 5) is 78.7. The van der Waals surface area contributed by atoms with Crippen molar-refractivity contribution in [1.29, 1.82) is 0 Å². The van der Waals surface area contributed by atoms with Crippen LogP contribution in [0.1, 0.15) is 281 Å². The van der Waals surface area contributed by atoms with E-state index in [9.17, 15) is 28.8 Å². The molecule has 0 amide bonds. The predicted octanol–water partition coefficient (Wildman–Crippen LogP) is 32.2. The molecule has 0 aliphatic rings. The number of hydrogen-bond donors (Lipinski definition) is 0. The highest BCUT2D eigenvalue weighted by Crippen LogP contribution is 2.34. The van der Waals surface area contributed by atoms with Gasteiger partial charge in [0.15, 0.2) is 0 Å². The normalized spacial score (nSPS) is 11.5. The summed E-state index contributed by atoms with van der Waals surface area (Å²) in [7, 11) is -3.79. The van der Waals surface area contributed by atoms with Gasteiger partial charge in [0.05, 0.1) is 59.8 Å². The zero-order valence-electron chi connectivity index (χ0n) is 85.5. The second-order valence-electron chi connectivity index (χ2n) is 39.8. The van der Waals surface area contributed by atoms with Gasteiger partial charge >= 0.3 is 35.8 Å². The van der Waals surface area contributed by atoms with Crippen LogP contribution in [0, 0.1) is 0 Å². The second-order valence-corrected chi connectivity index (χ2v) is 55.8. The molecule has 0 bridgehead atoms. The summed E-state index contributed by atoms with van der Waals surface area (Å²) >= 11 is 0. The molecule has 0 fully saturated rings. The molecular weight excluding hydrogens is 1810 g/mol. The van der Waals surface area contributed by atoms with Crippen LogP contribution in [0.4, 0.5) is 0 Å². The zero-order chi connectivity index (χ0) is 99.8. The first-order valence-electron chi connectivity index (χ1n) is 52.5. The summed E-state index contributed by atoms with van der Waals surface area (Å²) < 4.78 is 70.2. The third-order valence-corrected chi connectivity index (χ3v) is 36.2. The summed E-state index contributed by atoms with van der Waals surface area (Å²) in [5.74, 6) is 1.84. The van der Waals surface area contributed by atoms with Crippen LogP contribution in [-0.4, -0.2) is 113 Å². The zero-order valence-corrected chi connectivity index (χ0v) is 88.5. The van der Waals surface area contributed by atoms with Crippen LogP contribution in [0.5, 0.6) is 57.5 Å². The average molecular weight is 1970 g/mol. The molecule has 0 atom stereocenters. The van der Waals surface area contributed by atoms with Crippen LogP contribution in [0.2, 0.25) is 75.5 Å². The van der Waals surface area contributed by atoms with Crippen molar-refractivity contribution < 1.29 is 85.6 Å². The van der Waals surface area contributed by atoms with E-state index in [2.05, 4.69) is 53.1 Å². The number of benzene rings is 10. The molecule has 21 heteroatoms. The van der Waals surface area contributed by atoms with E-state index in [-0.39, 0.29) is 0 Å². The van der Waals surface area contributed by atoms with Gasteiger partial charge in [-0.3, -0.25) is 0 Å². The van der Waals surface area contributed by atoms with Crippen molar-refractivity contribution in [2.24, 2.45) is 0 Å². The molecule has 0 aromatic heterocycles. The van der Waals surface area contributed by atoms with Crippen LogP contribution in [0.15, 0.2) is 243 Å². The average Bonchev–Trinajstić information content (AvgIpc) is 0.742. The maximum absolute atomic E-state index is 13.2. The Balaban J connectivity index is 0.482. The largest absolute Gasteiger partial charge is 0.494 e. The van der Waals surface area contributed by atoms with Crippen molar-refractivity contribution in [3.63, 3.8) is 0 Å². The minimum atomic E-state index is -1.27. The molecule has 10 rings (SSSR count). The monoisotopic (exact) mass is 1970 g/mol. The number of rotatable bonds is 70. The van der Waals surface area contributed by atoms with E-state index in [4.69, 9.17) is 56.8 Å². The molecule has 0 aliphatic carbocycles. The Morgan fingerprint density at radius 3 is 0.617 bits per heavy atom. The number of ether oxygens (including phenoxy) is 12.